The highest BCUT2D eigenvalue weighted by atomic mass is 16.2. The summed E-state index contributed by atoms with van der Waals surface area (Å²) in [5.74, 6) is -1.45. The smallest absolute Gasteiger partial charge is 0.299 e. The van der Waals surface area contributed by atoms with Crippen LogP contribution < -0.4 is 10.2 Å². The number of Topliss-reactive ketones (excluding diaryl/α,β-unsaturated/α-hetero) is 1. The van der Waals surface area contributed by atoms with Crippen molar-refractivity contribution in [3.8, 4) is 0 Å². The minimum atomic E-state index is -0.639. The van der Waals surface area contributed by atoms with Crippen LogP contribution in [0.4, 0.5) is 5.69 Å². The fraction of sp³-hybridized carbons (Fsp3) is 0.438. The number of carbonyl (C=O) groups excluding carboxylic acids is 3. The normalized spacial score (nSPS) is 14.4. The summed E-state index contributed by atoms with van der Waals surface area (Å²) in [7, 11) is 0. The lowest BCUT2D eigenvalue weighted by Gasteiger charge is -2.26. The molecule has 1 N–H and O–H groups in total. The molecule has 0 fully saturated rings. The van der Waals surface area contributed by atoms with Crippen LogP contribution in [0.3, 0.4) is 0 Å². The van der Waals surface area contributed by atoms with Crippen LogP contribution in [0.1, 0.15) is 43.1 Å². The maximum atomic E-state index is 12.1. The Morgan fingerprint density at radius 2 is 1.95 bits per heavy atom. The Labute approximate surface area is 124 Å². The Morgan fingerprint density at radius 3 is 2.57 bits per heavy atom. The van der Waals surface area contributed by atoms with Crippen LogP contribution in [0.2, 0.25) is 0 Å². The lowest BCUT2D eigenvalue weighted by Crippen LogP contribution is -2.48. The molecule has 0 saturated heterocycles. The number of hydrogen-bond acceptors (Lipinski definition) is 3. The first kappa shape index (κ1) is 15.2. The number of nitrogens with one attached hydrogen (secondary N) is 1. The van der Waals surface area contributed by atoms with E-state index < -0.39 is 11.7 Å². The molecule has 0 unspecified atom stereocenters. The second kappa shape index (κ2) is 5.31. The van der Waals surface area contributed by atoms with Gasteiger partial charge in [-0.2, -0.15) is 0 Å². The predicted molar refractivity (Wildman–Crippen MR) is 80.4 cm³/mol. The van der Waals surface area contributed by atoms with Gasteiger partial charge in [0.2, 0.25) is 5.91 Å². The Morgan fingerprint density at radius 1 is 1.29 bits per heavy atom. The standard InChI is InChI=1S/C16H20N2O3/c1-5-16(3,4)17-13(19)9-18-12-7-6-10(2)8-11(12)14(20)15(18)21/h6-8H,5,9H2,1-4H3,(H,17,19). The molecule has 0 aliphatic carbocycles. The van der Waals surface area contributed by atoms with Crippen molar-refractivity contribution in [1.82, 2.24) is 5.32 Å². The van der Waals surface area contributed by atoms with E-state index in [-0.39, 0.29) is 18.0 Å². The van der Waals surface area contributed by atoms with Crippen molar-refractivity contribution in [2.75, 3.05) is 11.4 Å². The van der Waals surface area contributed by atoms with E-state index in [1.54, 1.807) is 12.1 Å². The summed E-state index contributed by atoms with van der Waals surface area (Å²) >= 11 is 0. The number of benzene rings is 1. The van der Waals surface area contributed by atoms with Crippen molar-refractivity contribution in [3.63, 3.8) is 0 Å². The lowest BCUT2D eigenvalue weighted by atomic mass is 10.0. The zero-order chi connectivity index (χ0) is 15.8. The molecule has 0 saturated carbocycles. The SMILES string of the molecule is CCC(C)(C)NC(=O)CN1C(=O)C(=O)c2cc(C)ccc21. The van der Waals surface area contributed by atoms with Crippen molar-refractivity contribution < 1.29 is 14.4 Å². The van der Waals surface area contributed by atoms with Crippen molar-refractivity contribution in [3.05, 3.63) is 29.3 Å². The van der Waals surface area contributed by atoms with E-state index in [1.807, 2.05) is 33.8 Å². The largest absolute Gasteiger partial charge is 0.350 e. The van der Waals surface area contributed by atoms with Gasteiger partial charge in [0.25, 0.3) is 11.7 Å². The Kier molecular flexibility index (Phi) is 3.85. The van der Waals surface area contributed by atoms with E-state index in [0.29, 0.717) is 11.3 Å². The molecule has 112 valence electrons. The second-order valence-electron chi connectivity index (χ2n) is 6.03. The van der Waals surface area contributed by atoms with Crippen LogP contribution in [-0.4, -0.2) is 29.7 Å². The van der Waals surface area contributed by atoms with Gasteiger partial charge >= 0.3 is 0 Å². The summed E-state index contributed by atoms with van der Waals surface area (Å²) in [6, 6.07) is 5.22. The molecule has 0 aromatic heterocycles. The molecule has 1 heterocycles. The zero-order valence-electron chi connectivity index (χ0n) is 12.8. The van der Waals surface area contributed by atoms with Crippen molar-refractivity contribution >= 4 is 23.3 Å². The lowest BCUT2D eigenvalue weighted by molar-refractivity contribution is -0.123. The number of nitrogens with zero attached hydrogens (tertiary/aromatic N) is 1. The highest BCUT2D eigenvalue weighted by molar-refractivity contribution is 6.52. The third kappa shape index (κ3) is 2.96. The fourth-order valence-electron chi connectivity index (χ4n) is 2.22. The summed E-state index contributed by atoms with van der Waals surface area (Å²) in [4.78, 5) is 37.3. The summed E-state index contributed by atoms with van der Waals surface area (Å²) in [6.45, 7) is 7.53. The molecule has 0 atom stereocenters. The van der Waals surface area contributed by atoms with Gasteiger partial charge in [0.15, 0.2) is 0 Å². The molecule has 5 nitrogen and oxygen atoms in total. The van der Waals surface area contributed by atoms with Crippen LogP contribution in [0.15, 0.2) is 18.2 Å². The number of aryl methyl sites for hydroxylation is 1. The maximum Gasteiger partial charge on any atom is 0.299 e. The van der Waals surface area contributed by atoms with E-state index >= 15 is 0 Å². The number of carbonyl (C=O) groups is 3. The van der Waals surface area contributed by atoms with Gasteiger partial charge in [0.1, 0.15) is 6.54 Å². The average molecular weight is 288 g/mol. The Hall–Kier alpha value is -2.17. The van der Waals surface area contributed by atoms with Gasteiger partial charge in [-0.25, -0.2) is 0 Å². The van der Waals surface area contributed by atoms with Crippen molar-refractivity contribution in [2.45, 2.75) is 39.7 Å². The van der Waals surface area contributed by atoms with Crippen LogP contribution in [0.5, 0.6) is 0 Å². The second-order valence-corrected chi connectivity index (χ2v) is 6.03. The van der Waals surface area contributed by atoms with Gasteiger partial charge in [-0.3, -0.25) is 19.3 Å². The molecule has 5 heteroatoms. The van der Waals surface area contributed by atoms with Crippen molar-refractivity contribution in [1.29, 1.82) is 0 Å². The molecule has 0 bridgehead atoms. The molecule has 0 spiro atoms. The Balaban J connectivity index is 2.21. The van der Waals surface area contributed by atoms with Crippen LogP contribution in [-0.2, 0) is 9.59 Å². The number of hydrogen-bond donors (Lipinski definition) is 1. The molecule has 1 aromatic rings. The monoisotopic (exact) mass is 288 g/mol. The summed E-state index contributed by atoms with van der Waals surface area (Å²) in [6.07, 6.45) is 0.779. The third-order valence-electron chi connectivity index (χ3n) is 3.79. The van der Waals surface area contributed by atoms with E-state index in [4.69, 9.17) is 0 Å². The van der Waals surface area contributed by atoms with E-state index in [9.17, 15) is 14.4 Å². The van der Waals surface area contributed by atoms with Gasteiger partial charge in [-0.05, 0) is 39.3 Å². The summed E-state index contributed by atoms with van der Waals surface area (Å²) in [5.41, 5.74) is 1.47. The molecule has 2 amide bonds. The molecule has 1 aliphatic heterocycles. The quantitative estimate of drug-likeness (QED) is 0.860. The third-order valence-corrected chi connectivity index (χ3v) is 3.79. The highest BCUT2D eigenvalue weighted by Gasteiger charge is 2.37. The molecule has 1 aliphatic rings. The van der Waals surface area contributed by atoms with E-state index in [0.717, 1.165) is 12.0 Å². The summed E-state index contributed by atoms with van der Waals surface area (Å²) < 4.78 is 0. The fourth-order valence-corrected chi connectivity index (χ4v) is 2.22. The predicted octanol–water partition coefficient (Wildman–Crippen LogP) is 1.83. The molecule has 2 rings (SSSR count). The van der Waals surface area contributed by atoms with Crippen molar-refractivity contribution in [2.24, 2.45) is 0 Å². The molecular weight excluding hydrogens is 268 g/mol. The van der Waals surface area contributed by atoms with Crippen LogP contribution in [0, 0.1) is 6.92 Å². The molecule has 21 heavy (non-hydrogen) atoms. The topological polar surface area (TPSA) is 66.5 Å². The number of anilines is 1. The minimum absolute atomic E-state index is 0.135. The highest BCUT2D eigenvalue weighted by Crippen LogP contribution is 2.29. The number of rotatable bonds is 4. The first-order chi connectivity index (χ1) is 9.75. The van der Waals surface area contributed by atoms with E-state index in [1.165, 1.54) is 4.90 Å². The van der Waals surface area contributed by atoms with Gasteiger partial charge in [-0.1, -0.05) is 18.6 Å². The zero-order valence-corrected chi connectivity index (χ0v) is 12.8. The summed E-state index contributed by atoms with van der Waals surface area (Å²) in [5, 5.41) is 2.87. The number of fused-ring (bicyclic) bond motifs is 1. The molecule has 1 aromatic carbocycles. The number of ketones is 1. The molecule has 0 radical (unpaired) electrons. The maximum absolute atomic E-state index is 12.1. The minimum Gasteiger partial charge on any atom is -0.350 e. The Bertz CT molecular complexity index is 620. The average Bonchev–Trinajstić information content (AvgIpc) is 2.63. The van der Waals surface area contributed by atoms with Gasteiger partial charge in [-0.15, -0.1) is 0 Å². The van der Waals surface area contributed by atoms with E-state index in [2.05, 4.69) is 5.32 Å². The first-order valence-electron chi connectivity index (χ1n) is 7.03. The van der Waals surface area contributed by atoms with Crippen LogP contribution >= 0.6 is 0 Å². The van der Waals surface area contributed by atoms with Gasteiger partial charge in [0.05, 0.1) is 11.3 Å². The number of amides is 2. The van der Waals surface area contributed by atoms with Crippen LogP contribution in [0.25, 0.3) is 0 Å². The van der Waals surface area contributed by atoms with Gasteiger partial charge in [0, 0.05) is 5.54 Å². The van der Waals surface area contributed by atoms with Gasteiger partial charge < -0.3 is 5.32 Å². The molecular formula is C16H20N2O3. The first-order valence-corrected chi connectivity index (χ1v) is 7.03.